The molecule has 3 nitrogen and oxygen atoms in total. The van der Waals surface area contributed by atoms with E-state index in [1.54, 1.807) is 0 Å². The number of fused-ring (bicyclic) bond motifs is 1. The highest BCUT2D eigenvalue weighted by Crippen LogP contribution is 2.27. The van der Waals surface area contributed by atoms with Gasteiger partial charge in [-0.25, -0.2) is 4.98 Å². The minimum atomic E-state index is 0.619. The van der Waals surface area contributed by atoms with E-state index >= 15 is 0 Å². The third kappa shape index (κ3) is 1.84. The van der Waals surface area contributed by atoms with E-state index in [-0.39, 0.29) is 0 Å². The minimum absolute atomic E-state index is 0.619. The van der Waals surface area contributed by atoms with Crippen molar-refractivity contribution in [1.82, 2.24) is 14.9 Å². The SMILES string of the molecule is Cc1ccc2c(c1)nc(C1CCNCC1)n2C. The molecule has 1 aromatic heterocycles. The second-order valence-corrected chi connectivity index (χ2v) is 5.05. The maximum Gasteiger partial charge on any atom is 0.112 e. The molecule has 17 heavy (non-hydrogen) atoms. The number of hydrogen-bond donors (Lipinski definition) is 1. The number of piperidine rings is 1. The largest absolute Gasteiger partial charge is 0.331 e. The zero-order valence-corrected chi connectivity index (χ0v) is 10.5. The van der Waals surface area contributed by atoms with Crippen LogP contribution >= 0.6 is 0 Å². The van der Waals surface area contributed by atoms with Gasteiger partial charge in [0.2, 0.25) is 0 Å². The van der Waals surface area contributed by atoms with Crippen molar-refractivity contribution in [2.45, 2.75) is 25.7 Å². The van der Waals surface area contributed by atoms with Crippen LogP contribution in [0.4, 0.5) is 0 Å². The summed E-state index contributed by atoms with van der Waals surface area (Å²) >= 11 is 0. The minimum Gasteiger partial charge on any atom is -0.331 e. The number of benzene rings is 1. The predicted octanol–water partition coefficient (Wildman–Crippen LogP) is 2.35. The summed E-state index contributed by atoms with van der Waals surface area (Å²) in [5.41, 5.74) is 3.68. The Hall–Kier alpha value is -1.35. The first-order valence-electron chi connectivity index (χ1n) is 6.39. The molecule has 1 aliphatic rings. The van der Waals surface area contributed by atoms with E-state index in [2.05, 4.69) is 42.1 Å². The number of imidazole rings is 1. The predicted molar refractivity (Wildman–Crippen MR) is 70.3 cm³/mol. The van der Waals surface area contributed by atoms with Crippen LogP contribution in [0.25, 0.3) is 11.0 Å². The van der Waals surface area contributed by atoms with Gasteiger partial charge < -0.3 is 9.88 Å². The zero-order chi connectivity index (χ0) is 11.8. The van der Waals surface area contributed by atoms with Gasteiger partial charge in [-0.1, -0.05) is 6.07 Å². The Kier molecular flexibility index (Phi) is 2.63. The Balaban J connectivity index is 2.07. The fraction of sp³-hybridized carbons (Fsp3) is 0.500. The molecule has 0 unspecified atom stereocenters. The van der Waals surface area contributed by atoms with Gasteiger partial charge in [-0.3, -0.25) is 0 Å². The Morgan fingerprint density at radius 1 is 1.29 bits per heavy atom. The molecule has 0 atom stereocenters. The molecule has 90 valence electrons. The van der Waals surface area contributed by atoms with Crippen LogP contribution in [0.5, 0.6) is 0 Å². The quantitative estimate of drug-likeness (QED) is 0.813. The van der Waals surface area contributed by atoms with Gasteiger partial charge in [-0.2, -0.15) is 0 Å². The first-order chi connectivity index (χ1) is 8.25. The molecule has 0 aliphatic carbocycles. The van der Waals surface area contributed by atoms with Crippen molar-refractivity contribution in [3.05, 3.63) is 29.6 Å². The summed E-state index contributed by atoms with van der Waals surface area (Å²) in [5.74, 6) is 1.88. The van der Waals surface area contributed by atoms with E-state index in [0.717, 1.165) is 18.6 Å². The second-order valence-electron chi connectivity index (χ2n) is 5.05. The molecular formula is C14H19N3. The molecule has 1 aromatic carbocycles. The van der Waals surface area contributed by atoms with Crippen molar-refractivity contribution in [2.24, 2.45) is 7.05 Å². The monoisotopic (exact) mass is 229 g/mol. The number of aryl methyl sites for hydroxylation is 2. The van der Waals surface area contributed by atoms with Crippen molar-refractivity contribution in [1.29, 1.82) is 0 Å². The molecule has 2 heterocycles. The molecule has 1 N–H and O–H groups in total. The molecule has 3 heteroatoms. The van der Waals surface area contributed by atoms with Crippen LogP contribution in [0, 0.1) is 6.92 Å². The van der Waals surface area contributed by atoms with Gasteiger partial charge in [0.15, 0.2) is 0 Å². The third-order valence-electron chi connectivity index (χ3n) is 3.78. The molecule has 1 aliphatic heterocycles. The van der Waals surface area contributed by atoms with Crippen molar-refractivity contribution in [3.8, 4) is 0 Å². The summed E-state index contributed by atoms with van der Waals surface area (Å²) in [6, 6.07) is 6.53. The smallest absolute Gasteiger partial charge is 0.112 e. The summed E-state index contributed by atoms with van der Waals surface area (Å²) in [6.45, 7) is 4.36. The van der Waals surface area contributed by atoms with Gasteiger partial charge in [0.1, 0.15) is 5.82 Å². The summed E-state index contributed by atoms with van der Waals surface area (Å²) < 4.78 is 2.27. The molecule has 0 saturated carbocycles. The number of aromatic nitrogens is 2. The van der Waals surface area contributed by atoms with Crippen LogP contribution in [-0.4, -0.2) is 22.6 Å². The molecule has 0 radical (unpaired) electrons. The number of nitrogens with one attached hydrogen (secondary N) is 1. The second kappa shape index (κ2) is 4.15. The first-order valence-corrected chi connectivity index (χ1v) is 6.39. The van der Waals surface area contributed by atoms with Gasteiger partial charge in [-0.05, 0) is 50.6 Å². The maximum atomic E-state index is 4.83. The van der Waals surface area contributed by atoms with Gasteiger partial charge in [0.05, 0.1) is 11.0 Å². The first kappa shape index (κ1) is 10.8. The Morgan fingerprint density at radius 2 is 2.06 bits per heavy atom. The van der Waals surface area contributed by atoms with E-state index < -0.39 is 0 Å². The topological polar surface area (TPSA) is 29.9 Å². The Morgan fingerprint density at radius 3 is 2.82 bits per heavy atom. The third-order valence-corrected chi connectivity index (χ3v) is 3.78. The summed E-state index contributed by atoms with van der Waals surface area (Å²) in [6.07, 6.45) is 2.41. The molecule has 2 aromatic rings. The van der Waals surface area contributed by atoms with Gasteiger partial charge in [0.25, 0.3) is 0 Å². The molecular weight excluding hydrogens is 210 g/mol. The summed E-state index contributed by atoms with van der Waals surface area (Å²) in [7, 11) is 2.14. The fourth-order valence-electron chi connectivity index (χ4n) is 2.77. The lowest BCUT2D eigenvalue weighted by atomic mass is 9.97. The Labute approximate surface area is 102 Å². The standard InChI is InChI=1S/C14H19N3/c1-10-3-4-13-12(9-10)16-14(17(13)2)11-5-7-15-8-6-11/h3-4,9,11,15H,5-8H2,1-2H3. The van der Waals surface area contributed by atoms with E-state index in [1.165, 1.54) is 29.7 Å². The molecule has 0 amide bonds. The molecule has 1 fully saturated rings. The van der Waals surface area contributed by atoms with Gasteiger partial charge >= 0.3 is 0 Å². The molecule has 3 rings (SSSR count). The van der Waals surface area contributed by atoms with Crippen LogP contribution in [0.3, 0.4) is 0 Å². The molecule has 0 spiro atoms. The average Bonchev–Trinajstić information content (AvgIpc) is 2.67. The Bertz CT molecular complexity index is 536. The molecule has 1 saturated heterocycles. The summed E-state index contributed by atoms with van der Waals surface area (Å²) in [4.78, 5) is 4.83. The lowest BCUT2D eigenvalue weighted by Gasteiger charge is -2.22. The number of hydrogen-bond acceptors (Lipinski definition) is 2. The highest BCUT2D eigenvalue weighted by Gasteiger charge is 2.20. The highest BCUT2D eigenvalue weighted by molar-refractivity contribution is 5.76. The number of nitrogens with zero attached hydrogens (tertiary/aromatic N) is 2. The van der Waals surface area contributed by atoms with Gasteiger partial charge in [-0.15, -0.1) is 0 Å². The van der Waals surface area contributed by atoms with E-state index in [9.17, 15) is 0 Å². The van der Waals surface area contributed by atoms with Crippen molar-refractivity contribution in [3.63, 3.8) is 0 Å². The van der Waals surface area contributed by atoms with Crippen LogP contribution < -0.4 is 5.32 Å². The van der Waals surface area contributed by atoms with Crippen LogP contribution in [0.15, 0.2) is 18.2 Å². The van der Waals surface area contributed by atoms with Crippen molar-refractivity contribution in [2.75, 3.05) is 13.1 Å². The van der Waals surface area contributed by atoms with Crippen molar-refractivity contribution < 1.29 is 0 Å². The van der Waals surface area contributed by atoms with E-state index in [4.69, 9.17) is 4.98 Å². The lowest BCUT2D eigenvalue weighted by molar-refractivity contribution is 0.438. The zero-order valence-electron chi connectivity index (χ0n) is 10.5. The highest BCUT2D eigenvalue weighted by atomic mass is 15.1. The van der Waals surface area contributed by atoms with Crippen molar-refractivity contribution >= 4 is 11.0 Å². The van der Waals surface area contributed by atoms with Crippen LogP contribution in [0.1, 0.15) is 30.1 Å². The average molecular weight is 229 g/mol. The lowest BCUT2D eigenvalue weighted by Crippen LogP contribution is -2.27. The molecule has 0 bridgehead atoms. The van der Waals surface area contributed by atoms with E-state index in [1.807, 2.05) is 0 Å². The van der Waals surface area contributed by atoms with Crippen LogP contribution in [-0.2, 0) is 7.05 Å². The maximum absolute atomic E-state index is 4.83. The van der Waals surface area contributed by atoms with E-state index in [0.29, 0.717) is 5.92 Å². The van der Waals surface area contributed by atoms with Crippen LogP contribution in [0.2, 0.25) is 0 Å². The summed E-state index contributed by atoms with van der Waals surface area (Å²) in [5, 5.41) is 3.41. The normalized spacial score (nSPS) is 17.8. The number of rotatable bonds is 1. The fourth-order valence-corrected chi connectivity index (χ4v) is 2.77. The van der Waals surface area contributed by atoms with Gasteiger partial charge in [0, 0.05) is 13.0 Å².